The Morgan fingerprint density at radius 2 is 2.32 bits per heavy atom. The molecule has 0 bridgehead atoms. The smallest absolute Gasteiger partial charge is 0.206 e. The Balaban J connectivity index is 0.00000180. The van der Waals surface area contributed by atoms with E-state index in [1.165, 1.54) is 19.3 Å². The summed E-state index contributed by atoms with van der Waals surface area (Å²) in [4.78, 5) is 15.7. The summed E-state index contributed by atoms with van der Waals surface area (Å²) < 4.78 is 5.42. The van der Waals surface area contributed by atoms with Gasteiger partial charge in [0.1, 0.15) is 12.3 Å². The van der Waals surface area contributed by atoms with E-state index in [4.69, 9.17) is 4.74 Å². The van der Waals surface area contributed by atoms with Crippen molar-refractivity contribution >= 4 is 18.2 Å². The second-order valence-electron chi connectivity index (χ2n) is 4.63. The van der Waals surface area contributed by atoms with E-state index in [-0.39, 0.29) is 24.8 Å². The fraction of sp³-hybridized carbons (Fsp3) is 0.571. The van der Waals surface area contributed by atoms with E-state index in [9.17, 15) is 4.79 Å². The normalized spacial score (nSPS) is 18.6. The highest BCUT2D eigenvalue weighted by atomic mass is 35.5. The van der Waals surface area contributed by atoms with Crippen LogP contribution in [0.4, 0.5) is 0 Å². The topological polar surface area (TPSA) is 51.2 Å². The summed E-state index contributed by atoms with van der Waals surface area (Å²) in [6, 6.07) is 5.89. The van der Waals surface area contributed by atoms with E-state index >= 15 is 0 Å². The number of Topliss-reactive ketones (excluding diaryl/α,β-unsaturated/α-hetero) is 1. The third kappa shape index (κ3) is 5.68. The van der Waals surface area contributed by atoms with Crippen LogP contribution in [0.2, 0.25) is 0 Å². The number of nitrogens with zero attached hydrogens (tertiary/aromatic N) is 1. The molecule has 0 radical (unpaired) electrons. The summed E-state index contributed by atoms with van der Waals surface area (Å²) in [6.45, 7) is 1.87. The molecule has 0 amide bonds. The lowest BCUT2D eigenvalue weighted by Gasteiger charge is -2.23. The van der Waals surface area contributed by atoms with Crippen molar-refractivity contribution < 1.29 is 9.53 Å². The molecule has 2 rings (SSSR count). The van der Waals surface area contributed by atoms with Crippen LogP contribution in [0.15, 0.2) is 24.4 Å². The first-order valence-electron chi connectivity index (χ1n) is 6.61. The Morgan fingerprint density at radius 1 is 1.42 bits per heavy atom. The number of ether oxygens (including phenoxy) is 1. The molecular weight excluding hydrogens is 264 g/mol. The first-order chi connectivity index (χ1) is 8.86. The fourth-order valence-electron chi connectivity index (χ4n) is 2.16. The Labute approximate surface area is 120 Å². The maximum Gasteiger partial charge on any atom is 0.206 e. The lowest BCUT2D eigenvalue weighted by Crippen LogP contribution is -2.34. The molecule has 5 heteroatoms. The molecule has 1 aliphatic rings. The minimum atomic E-state index is -0.0489. The van der Waals surface area contributed by atoms with Crippen molar-refractivity contribution in [2.45, 2.75) is 31.7 Å². The standard InChI is InChI=1S/C14H20N2O2.ClH/c17-14(13-6-2-4-9-16-13)11-18-10-7-12-5-1-3-8-15-12;/h2,4,6,9,12,15H,1,3,5,7-8,10-11H2;1H. The zero-order chi connectivity index (χ0) is 12.6. The van der Waals surface area contributed by atoms with E-state index in [1.807, 2.05) is 6.07 Å². The van der Waals surface area contributed by atoms with Crippen LogP contribution in [0.5, 0.6) is 0 Å². The summed E-state index contributed by atoms with van der Waals surface area (Å²) in [5.41, 5.74) is 0.480. The number of hydrogen-bond acceptors (Lipinski definition) is 4. The first-order valence-corrected chi connectivity index (χ1v) is 6.61. The van der Waals surface area contributed by atoms with Crippen molar-refractivity contribution in [3.8, 4) is 0 Å². The Bertz CT molecular complexity index is 367. The molecular formula is C14H21ClN2O2. The average Bonchev–Trinajstić information content (AvgIpc) is 2.45. The van der Waals surface area contributed by atoms with Gasteiger partial charge in [-0.05, 0) is 37.9 Å². The van der Waals surface area contributed by atoms with Gasteiger partial charge >= 0.3 is 0 Å². The number of ketones is 1. The summed E-state index contributed by atoms with van der Waals surface area (Å²) in [5.74, 6) is -0.0489. The third-order valence-corrected chi connectivity index (χ3v) is 3.21. The van der Waals surface area contributed by atoms with Gasteiger partial charge in [-0.2, -0.15) is 0 Å². The molecule has 0 aromatic carbocycles. The van der Waals surface area contributed by atoms with Gasteiger partial charge in [-0.15, -0.1) is 12.4 Å². The molecule has 4 nitrogen and oxygen atoms in total. The SMILES string of the molecule is Cl.O=C(COCCC1CCCCN1)c1ccccn1. The number of halogens is 1. The van der Waals surface area contributed by atoms with Crippen LogP contribution in [0.3, 0.4) is 0 Å². The molecule has 0 spiro atoms. The van der Waals surface area contributed by atoms with Crippen molar-refractivity contribution in [3.05, 3.63) is 30.1 Å². The molecule has 1 saturated heterocycles. The average molecular weight is 285 g/mol. The van der Waals surface area contributed by atoms with Crippen LogP contribution in [0.1, 0.15) is 36.2 Å². The highest BCUT2D eigenvalue weighted by Gasteiger charge is 2.12. The van der Waals surface area contributed by atoms with Gasteiger partial charge in [-0.3, -0.25) is 9.78 Å². The quantitative estimate of drug-likeness (QED) is 0.643. The summed E-state index contributed by atoms with van der Waals surface area (Å²) in [5, 5.41) is 3.46. The Kier molecular flexibility index (Phi) is 7.63. The van der Waals surface area contributed by atoms with E-state index in [0.29, 0.717) is 18.3 Å². The molecule has 19 heavy (non-hydrogen) atoms. The van der Waals surface area contributed by atoms with Crippen LogP contribution in [0.25, 0.3) is 0 Å². The summed E-state index contributed by atoms with van der Waals surface area (Å²) in [6.07, 6.45) is 6.40. The highest BCUT2D eigenvalue weighted by molar-refractivity contribution is 5.95. The molecule has 1 atom stereocenters. The van der Waals surface area contributed by atoms with Crippen molar-refractivity contribution in [2.75, 3.05) is 19.8 Å². The zero-order valence-electron chi connectivity index (χ0n) is 11.0. The predicted molar refractivity (Wildman–Crippen MR) is 76.9 cm³/mol. The number of nitrogens with one attached hydrogen (secondary N) is 1. The largest absolute Gasteiger partial charge is 0.373 e. The van der Waals surface area contributed by atoms with Crippen molar-refractivity contribution in [1.82, 2.24) is 10.3 Å². The molecule has 1 unspecified atom stereocenters. The Hall–Kier alpha value is -0.970. The van der Waals surface area contributed by atoms with Crippen LogP contribution in [-0.2, 0) is 4.74 Å². The minimum Gasteiger partial charge on any atom is -0.373 e. The van der Waals surface area contributed by atoms with Gasteiger partial charge in [0.2, 0.25) is 5.78 Å². The lowest BCUT2D eigenvalue weighted by atomic mass is 10.0. The van der Waals surface area contributed by atoms with E-state index in [0.717, 1.165) is 13.0 Å². The van der Waals surface area contributed by atoms with E-state index in [1.54, 1.807) is 18.3 Å². The number of aromatic nitrogens is 1. The van der Waals surface area contributed by atoms with Crippen LogP contribution in [0, 0.1) is 0 Å². The van der Waals surface area contributed by atoms with Crippen LogP contribution < -0.4 is 5.32 Å². The van der Waals surface area contributed by atoms with Gasteiger partial charge < -0.3 is 10.1 Å². The number of hydrogen-bond donors (Lipinski definition) is 1. The van der Waals surface area contributed by atoms with E-state index < -0.39 is 0 Å². The van der Waals surface area contributed by atoms with Crippen molar-refractivity contribution in [2.24, 2.45) is 0 Å². The second-order valence-corrected chi connectivity index (χ2v) is 4.63. The molecule has 1 aromatic rings. The second kappa shape index (κ2) is 9.02. The van der Waals surface area contributed by atoms with Crippen LogP contribution >= 0.6 is 12.4 Å². The van der Waals surface area contributed by atoms with Crippen molar-refractivity contribution in [1.29, 1.82) is 0 Å². The van der Waals surface area contributed by atoms with Gasteiger partial charge in [-0.1, -0.05) is 12.5 Å². The van der Waals surface area contributed by atoms with Gasteiger partial charge in [0.15, 0.2) is 0 Å². The number of carbonyl (C=O) groups is 1. The zero-order valence-corrected chi connectivity index (χ0v) is 11.8. The molecule has 2 heterocycles. The van der Waals surface area contributed by atoms with Crippen LogP contribution in [-0.4, -0.2) is 36.6 Å². The molecule has 1 aromatic heterocycles. The number of rotatable bonds is 6. The maximum absolute atomic E-state index is 11.7. The minimum absolute atomic E-state index is 0. The fourth-order valence-corrected chi connectivity index (χ4v) is 2.16. The van der Waals surface area contributed by atoms with Gasteiger partial charge in [0.25, 0.3) is 0 Å². The van der Waals surface area contributed by atoms with Crippen molar-refractivity contribution in [3.63, 3.8) is 0 Å². The molecule has 1 fully saturated rings. The monoisotopic (exact) mass is 284 g/mol. The summed E-state index contributed by atoms with van der Waals surface area (Å²) >= 11 is 0. The van der Waals surface area contributed by atoms with E-state index in [2.05, 4.69) is 10.3 Å². The van der Waals surface area contributed by atoms with Gasteiger partial charge in [-0.25, -0.2) is 0 Å². The highest BCUT2D eigenvalue weighted by Crippen LogP contribution is 2.09. The lowest BCUT2D eigenvalue weighted by molar-refractivity contribution is 0.0731. The first kappa shape index (κ1) is 16.1. The number of pyridine rings is 1. The molecule has 1 N–H and O–H groups in total. The number of piperidine rings is 1. The third-order valence-electron chi connectivity index (χ3n) is 3.21. The van der Waals surface area contributed by atoms with Gasteiger partial charge in [0.05, 0.1) is 0 Å². The maximum atomic E-state index is 11.7. The summed E-state index contributed by atoms with van der Waals surface area (Å²) in [7, 11) is 0. The predicted octanol–water partition coefficient (Wildman–Crippen LogP) is 2.23. The molecule has 1 aliphatic heterocycles. The molecule has 0 saturated carbocycles. The Morgan fingerprint density at radius 3 is 3.00 bits per heavy atom. The van der Waals surface area contributed by atoms with Gasteiger partial charge in [0, 0.05) is 18.8 Å². The number of carbonyl (C=O) groups excluding carboxylic acids is 1. The molecule has 106 valence electrons. The molecule has 0 aliphatic carbocycles.